The molecule has 0 radical (unpaired) electrons. The maximum absolute atomic E-state index is 12.4. The summed E-state index contributed by atoms with van der Waals surface area (Å²) in [5.74, 6) is 0.110. The Hall–Kier alpha value is -3.27. The van der Waals surface area contributed by atoms with Crippen molar-refractivity contribution in [3.63, 3.8) is 0 Å². The zero-order chi connectivity index (χ0) is 17.4. The fourth-order valence-electron chi connectivity index (χ4n) is 2.64. The first-order chi connectivity index (χ1) is 11.4. The molecule has 1 aliphatic rings. The van der Waals surface area contributed by atoms with Gasteiger partial charge in [0.25, 0.3) is 11.8 Å². The second-order valence-corrected chi connectivity index (χ2v) is 5.63. The molecule has 0 bridgehead atoms. The van der Waals surface area contributed by atoms with E-state index in [1.165, 1.54) is 11.0 Å². The highest BCUT2D eigenvalue weighted by atomic mass is 16.5. The molecule has 2 aromatic rings. The van der Waals surface area contributed by atoms with Gasteiger partial charge in [0.05, 0.1) is 11.3 Å². The van der Waals surface area contributed by atoms with Crippen LogP contribution in [0, 0.1) is 11.3 Å². The van der Waals surface area contributed by atoms with Crippen molar-refractivity contribution in [3.05, 3.63) is 41.7 Å². The van der Waals surface area contributed by atoms with Crippen LogP contribution in [0.1, 0.15) is 23.0 Å². The Labute approximate surface area is 139 Å². The first kappa shape index (κ1) is 15.6. The molecule has 1 unspecified atom stereocenters. The Morgan fingerprint density at radius 1 is 1.33 bits per heavy atom. The van der Waals surface area contributed by atoms with Gasteiger partial charge in [0.2, 0.25) is 0 Å². The number of aryl methyl sites for hydroxylation is 1. The van der Waals surface area contributed by atoms with Crippen LogP contribution >= 0.6 is 0 Å². The number of nitrogens with one attached hydrogen (secondary N) is 1. The van der Waals surface area contributed by atoms with Crippen molar-refractivity contribution >= 4 is 23.2 Å². The molecule has 24 heavy (non-hydrogen) atoms. The molecule has 7 heteroatoms. The summed E-state index contributed by atoms with van der Waals surface area (Å²) < 4.78 is 7.14. The summed E-state index contributed by atoms with van der Waals surface area (Å²) in [6.45, 7) is 1.69. The van der Waals surface area contributed by atoms with E-state index < -0.39 is 6.10 Å². The molecular formula is C17H16N4O3. The quantitative estimate of drug-likeness (QED) is 0.914. The van der Waals surface area contributed by atoms with Crippen molar-refractivity contribution in [1.29, 1.82) is 5.26 Å². The molecule has 0 fully saturated rings. The number of nitrogens with zero attached hydrogens (tertiary/aromatic N) is 3. The van der Waals surface area contributed by atoms with Gasteiger partial charge in [-0.3, -0.25) is 9.59 Å². The third kappa shape index (κ3) is 2.58. The van der Waals surface area contributed by atoms with Crippen molar-refractivity contribution in [1.82, 2.24) is 4.57 Å². The highest BCUT2D eigenvalue weighted by Gasteiger charge is 2.29. The normalized spacial score (nSPS) is 16.2. The minimum atomic E-state index is -0.532. The lowest BCUT2D eigenvalue weighted by Crippen LogP contribution is -2.41. The average Bonchev–Trinajstić information content (AvgIpc) is 2.94. The number of anilines is 2. The van der Waals surface area contributed by atoms with Crippen LogP contribution in [0.25, 0.3) is 0 Å². The van der Waals surface area contributed by atoms with E-state index >= 15 is 0 Å². The molecule has 0 aliphatic carbocycles. The third-order valence-electron chi connectivity index (χ3n) is 3.93. The number of likely N-dealkylation sites (N-methyl/N-ethyl adjacent to an activating group) is 1. The van der Waals surface area contributed by atoms with E-state index in [1.807, 2.05) is 6.07 Å². The van der Waals surface area contributed by atoms with Gasteiger partial charge in [0.1, 0.15) is 17.5 Å². The van der Waals surface area contributed by atoms with Crippen LogP contribution in [-0.2, 0) is 11.8 Å². The predicted octanol–water partition coefficient (Wildman–Crippen LogP) is 1.89. The van der Waals surface area contributed by atoms with Crippen molar-refractivity contribution in [2.24, 2.45) is 7.05 Å². The predicted molar refractivity (Wildman–Crippen MR) is 88.0 cm³/mol. The van der Waals surface area contributed by atoms with Gasteiger partial charge in [-0.15, -0.1) is 0 Å². The van der Waals surface area contributed by atoms with Gasteiger partial charge >= 0.3 is 0 Å². The number of aromatic nitrogens is 1. The maximum Gasteiger partial charge on any atom is 0.272 e. The number of hydrogen-bond donors (Lipinski definition) is 1. The molecule has 0 spiro atoms. The van der Waals surface area contributed by atoms with E-state index in [0.717, 1.165) is 0 Å². The molecule has 7 nitrogen and oxygen atoms in total. The van der Waals surface area contributed by atoms with E-state index in [2.05, 4.69) is 5.32 Å². The largest absolute Gasteiger partial charge is 0.479 e. The number of ether oxygens (including phenoxy) is 1. The number of benzene rings is 1. The van der Waals surface area contributed by atoms with Crippen LogP contribution in [0.2, 0.25) is 0 Å². The van der Waals surface area contributed by atoms with Crippen LogP contribution in [0.5, 0.6) is 5.75 Å². The third-order valence-corrected chi connectivity index (χ3v) is 3.93. The van der Waals surface area contributed by atoms with Crippen molar-refractivity contribution in [2.75, 3.05) is 17.3 Å². The van der Waals surface area contributed by atoms with Crippen LogP contribution in [0.3, 0.4) is 0 Å². The smallest absolute Gasteiger partial charge is 0.272 e. The second kappa shape index (κ2) is 5.74. The number of carbonyl (C=O) groups excluding carboxylic acids is 2. The fourth-order valence-corrected chi connectivity index (χ4v) is 2.64. The van der Waals surface area contributed by atoms with E-state index in [0.29, 0.717) is 28.4 Å². The van der Waals surface area contributed by atoms with Gasteiger partial charge in [0.15, 0.2) is 6.10 Å². The number of hydrogen-bond acceptors (Lipinski definition) is 4. The van der Waals surface area contributed by atoms with Crippen LogP contribution in [0.15, 0.2) is 30.5 Å². The molecule has 1 aliphatic heterocycles. The van der Waals surface area contributed by atoms with Gasteiger partial charge in [-0.25, -0.2) is 0 Å². The Balaban J connectivity index is 1.87. The molecule has 1 atom stereocenters. The van der Waals surface area contributed by atoms with Crippen molar-refractivity contribution in [3.8, 4) is 11.8 Å². The summed E-state index contributed by atoms with van der Waals surface area (Å²) in [4.78, 5) is 25.9. The Bertz CT molecular complexity index is 878. The fraction of sp³-hybridized carbons (Fsp3) is 0.235. The lowest BCUT2D eigenvalue weighted by Gasteiger charge is -2.30. The molecule has 0 saturated heterocycles. The van der Waals surface area contributed by atoms with E-state index in [4.69, 9.17) is 10.00 Å². The molecule has 0 saturated carbocycles. The van der Waals surface area contributed by atoms with E-state index in [9.17, 15) is 9.59 Å². The molecular weight excluding hydrogens is 308 g/mol. The Morgan fingerprint density at radius 2 is 2.08 bits per heavy atom. The zero-order valence-electron chi connectivity index (χ0n) is 13.5. The summed E-state index contributed by atoms with van der Waals surface area (Å²) in [6, 6.07) is 8.64. The Morgan fingerprint density at radius 3 is 2.75 bits per heavy atom. The summed E-state index contributed by atoms with van der Waals surface area (Å²) in [5, 5.41) is 11.7. The van der Waals surface area contributed by atoms with Gasteiger partial charge in [-0.2, -0.15) is 5.26 Å². The van der Waals surface area contributed by atoms with Crippen LogP contribution in [0.4, 0.5) is 11.4 Å². The van der Waals surface area contributed by atoms with Gasteiger partial charge < -0.3 is 19.5 Å². The number of amides is 2. The van der Waals surface area contributed by atoms with Crippen molar-refractivity contribution in [2.45, 2.75) is 13.0 Å². The molecule has 1 aromatic heterocycles. The van der Waals surface area contributed by atoms with Gasteiger partial charge in [0, 0.05) is 26.0 Å². The number of carbonyl (C=O) groups is 2. The molecule has 2 heterocycles. The first-order valence-electron chi connectivity index (χ1n) is 7.37. The first-order valence-corrected chi connectivity index (χ1v) is 7.37. The molecule has 1 aromatic carbocycles. The molecule has 122 valence electrons. The van der Waals surface area contributed by atoms with E-state index in [1.54, 1.807) is 50.0 Å². The monoisotopic (exact) mass is 324 g/mol. The van der Waals surface area contributed by atoms with Gasteiger partial charge in [-0.1, -0.05) is 0 Å². The summed E-state index contributed by atoms with van der Waals surface area (Å²) in [7, 11) is 3.37. The average molecular weight is 324 g/mol. The van der Waals surface area contributed by atoms with E-state index in [-0.39, 0.29) is 11.8 Å². The zero-order valence-corrected chi connectivity index (χ0v) is 13.5. The lowest BCUT2D eigenvalue weighted by molar-refractivity contribution is -0.125. The summed E-state index contributed by atoms with van der Waals surface area (Å²) >= 11 is 0. The molecule has 2 amide bonds. The van der Waals surface area contributed by atoms with Crippen LogP contribution in [-0.4, -0.2) is 29.5 Å². The van der Waals surface area contributed by atoms with Gasteiger partial charge in [-0.05, 0) is 31.2 Å². The lowest BCUT2D eigenvalue weighted by atomic mass is 10.2. The minimum Gasteiger partial charge on any atom is -0.479 e. The minimum absolute atomic E-state index is 0.146. The number of fused-ring (bicyclic) bond motifs is 1. The summed E-state index contributed by atoms with van der Waals surface area (Å²) in [6.07, 6.45) is 1.06. The highest BCUT2D eigenvalue weighted by molar-refractivity contribution is 6.05. The number of nitriles is 1. The van der Waals surface area contributed by atoms with Crippen molar-refractivity contribution < 1.29 is 14.3 Å². The second-order valence-electron chi connectivity index (χ2n) is 5.63. The molecule has 3 rings (SSSR count). The maximum atomic E-state index is 12.4. The highest BCUT2D eigenvalue weighted by Crippen LogP contribution is 2.35. The Kier molecular flexibility index (Phi) is 3.73. The summed E-state index contributed by atoms with van der Waals surface area (Å²) in [5.41, 5.74) is 1.93. The topological polar surface area (TPSA) is 87.4 Å². The number of rotatable bonds is 2. The molecule has 1 N–H and O–H groups in total. The SMILES string of the molecule is CC1Oc2ccc(NC(=O)c3cc(C#N)cn3C)cc2N(C)C1=O. The standard InChI is InChI=1S/C17H16N4O3/c1-10-17(23)21(3)13-7-12(4-5-15(13)24-10)19-16(22)14-6-11(8-18)9-20(14)2/h4-7,9-10H,1-3H3,(H,19,22). The van der Waals surface area contributed by atoms with Crippen LogP contribution < -0.4 is 15.0 Å².